The summed E-state index contributed by atoms with van der Waals surface area (Å²) in [7, 11) is 0. The number of benzene rings is 1. The molecule has 7 heteroatoms. The number of para-hydroxylation sites is 1. The third kappa shape index (κ3) is 3.01. The molecular formula is C16H17ClN4OS. The molecule has 1 aromatic carbocycles. The van der Waals surface area contributed by atoms with Crippen LogP contribution in [0.2, 0.25) is 0 Å². The van der Waals surface area contributed by atoms with E-state index in [2.05, 4.69) is 23.7 Å². The van der Waals surface area contributed by atoms with Crippen molar-refractivity contribution in [2.24, 2.45) is 0 Å². The van der Waals surface area contributed by atoms with Crippen LogP contribution in [0.4, 0.5) is 0 Å². The Balaban J connectivity index is 2.28. The minimum absolute atomic E-state index is 0.0211. The molecule has 120 valence electrons. The molecule has 0 saturated heterocycles. The number of hydrogen-bond donors (Lipinski definition) is 0. The van der Waals surface area contributed by atoms with Gasteiger partial charge in [-0.05, 0) is 18.6 Å². The van der Waals surface area contributed by atoms with Gasteiger partial charge >= 0.3 is 0 Å². The monoisotopic (exact) mass is 348 g/mol. The van der Waals surface area contributed by atoms with Crippen LogP contribution in [0.15, 0.2) is 45.8 Å². The number of thioether (sulfide) groups is 1. The summed E-state index contributed by atoms with van der Waals surface area (Å²) in [5.74, 6) is 1.12. The van der Waals surface area contributed by atoms with E-state index in [-0.39, 0.29) is 5.56 Å². The number of rotatable bonds is 6. The number of unbranched alkanes of at least 4 members (excludes halogenated alkanes) is 1. The minimum atomic E-state index is -0.0211. The van der Waals surface area contributed by atoms with E-state index in [0.29, 0.717) is 33.7 Å². The number of aromatic nitrogens is 4. The third-order valence-electron chi connectivity index (χ3n) is 3.57. The first-order chi connectivity index (χ1) is 11.1. The molecule has 0 bridgehead atoms. The maximum Gasteiger partial charge on any atom is 0.262 e. The van der Waals surface area contributed by atoms with Crippen molar-refractivity contribution in [3.05, 3.63) is 46.2 Å². The fourth-order valence-electron chi connectivity index (χ4n) is 2.49. The van der Waals surface area contributed by atoms with Crippen LogP contribution in [0.1, 0.15) is 19.8 Å². The highest BCUT2D eigenvalue weighted by molar-refractivity contribution is 7.99. The van der Waals surface area contributed by atoms with Crippen LogP contribution in [0.5, 0.6) is 0 Å². The summed E-state index contributed by atoms with van der Waals surface area (Å²) in [6, 6.07) is 7.54. The lowest BCUT2D eigenvalue weighted by Crippen LogP contribution is -2.23. The molecular weight excluding hydrogens is 332 g/mol. The second kappa shape index (κ2) is 6.76. The highest BCUT2D eigenvalue weighted by Gasteiger charge is 2.16. The predicted octanol–water partition coefficient (Wildman–Crippen LogP) is 3.69. The Morgan fingerprint density at radius 3 is 2.87 bits per heavy atom. The summed E-state index contributed by atoms with van der Waals surface area (Å²) < 4.78 is 3.63. The van der Waals surface area contributed by atoms with Crippen LogP contribution < -0.4 is 5.56 Å². The highest BCUT2D eigenvalue weighted by atomic mass is 35.5. The highest BCUT2D eigenvalue weighted by Crippen LogP contribution is 2.23. The van der Waals surface area contributed by atoms with Gasteiger partial charge in [-0.1, -0.05) is 55.4 Å². The van der Waals surface area contributed by atoms with Gasteiger partial charge in [0.1, 0.15) is 0 Å². The van der Waals surface area contributed by atoms with Crippen LogP contribution in [-0.4, -0.2) is 24.9 Å². The van der Waals surface area contributed by atoms with E-state index in [0.717, 1.165) is 18.4 Å². The topological polar surface area (TPSA) is 52.2 Å². The lowest BCUT2D eigenvalue weighted by molar-refractivity contribution is 0.620. The molecule has 3 aromatic rings. The molecule has 0 N–H and O–H groups in total. The average Bonchev–Trinajstić information content (AvgIpc) is 2.97. The number of nitrogens with zero attached hydrogens (tertiary/aromatic N) is 4. The van der Waals surface area contributed by atoms with Gasteiger partial charge in [0.25, 0.3) is 5.56 Å². The molecule has 2 aromatic heterocycles. The summed E-state index contributed by atoms with van der Waals surface area (Å²) >= 11 is 7.32. The minimum Gasteiger partial charge on any atom is -0.276 e. The van der Waals surface area contributed by atoms with Crippen LogP contribution >= 0.6 is 23.4 Å². The van der Waals surface area contributed by atoms with E-state index >= 15 is 0 Å². The van der Waals surface area contributed by atoms with Crippen molar-refractivity contribution in [3.8, 4) is 0 Å². The molecule has 0 amide bonds. The molecule has 0 spiro atoms. The summed E-state index contributed by atoms with van der Waals surface area (Å²) in [5.41, 5.74) is 0.792. The molecule has 5 nitrogen and oxygen atoms in total. The van der Waals surface area contributed by atoms with Crippen molar-refractivity contribution in [3.63, 3.8) is 0 Å². The van der Waals surface area contributed by atoms with Crippen LogP contribution in [0.25, 0.3) is 16.7 Å². The van der Waals surface area contributed by atoms with Crippen molar-refractivity contribution in [2.45, 2.75) is 31.5 Å². The van der Waals surface area contributed by atoms with Gasteiger partial charge in [0.15, 0.2) is 5.16 Å². The van der Waals surface area contributed by atoms with Gasteiger partial charge in [-0.3, -0.25) is 13.8 Å². The van der Waals surface area contributed by atoms with E-state index < -0.39 is 0 Å². The molecule has 0 saturated carbocycles. The fourth-order valence-corrected chi connectivity index (χ4v) is 3.34. The molecule has 0 aliphatic rings. The smallest absolute Gasteiger partial charge is 0.262 e. The van der Waals surface area contributed by atoms with Crippen molar-refractivity contribution < 1.29 is 0 Å². The Morgan fingerprint density at radius 2 is 2.13 bits per heavy atom. The van der Waals surface area contributed by atoms with Crippen molar-refractivity contribution in [2.75, 3.05) is 5.75 Å². The SMILES string of the molecule is C=C(Cl)CSc1nnc2n(CCCC)c(=O)c3ccccc3n12. The summed E-state index contributed by atoms with van der Waals surface area (Å²) in [5, 5.41) is 10.4. The van der Waals surface area contributed by atoms with Gasteiger partial charge in [0, 0.05) is 17.3 Å². The van der Waals surface area contributed by atoms with Gasteiger partial charge in [0.05, 0.1) is 10.9 Å². The second-order valence-corrected chi connectivity index (χ2v) is 6.73. The zero-order valence-electron chi connectivity index (χ0n) is 12.8. The molecule has 23 heavy (non-hydrogen) atoms. The molecule has 3 rings (SSSR count). The first-order valence-corrected chi connectivity index (χ1v) is 8.82. The summed E-state index contributed by atoms with van der Waals surface area (Å²) in [4.78, 5) is 12.8. The van der Waals surface area contributed by atoms with Gasteiger partial charge in [0.2, 0.25) is 5.78 Å². The maximum absolute atomic E-state index is 12.8. The second-order valence-electron chi connectivity index (χ2n) is 5.25. The average molecular weight is 349 g/mol. The summed E-state index contributed by atoms with van der Waals surface area (Å²) in [6.07, 6.45) is 1.93. The Bertz CT molecular complexity index is 931. The molecule has 2 heterocycles. The molecule has 0 unspecified atom stereocenters. The lowest BCUT2D eigenvalue weighted by Gasteiger charge is -2.10. The molecule has 0 atom stereocenters. The number of fused-ring (bicyclic) bond motifs is 3. The number of halogens is 1. The van der Waals surface area contributed by atoms with E-state index in [1.165, 1.54) is 11.8 Å². The van der Waals surface area contributed by atoms with Gasteiger partial charge in [-0.2, -0.15) is 0 Å². The molecule has 0 radical (unpaired) electrons. The summed E-state index contributed by atoms with van der Waals surface area (Å²) in [6.45, 7) is 6.43. The maximum atomic E-state index is 12.8. The fraction of sp³-hybridized carbons (Fsp3) is 0.312. The first kappa shape index (κ1) is 16.1. The van der Waals surface area contributed by atoms with E-state index in [1.807, 2.05) is 28.7 Å². The van der Waals surface area contributed by atoms with Crippen molar-refractivity contribution in [1.82, 2.24) is 19.2 Å². The number of aryl methyl sites for hydroxylation is 1. The van der Waals surface area contributed by atoms with E-state index in [9.17, 15) is 4.79 Å². The number of hydrogen-bond acceptors (Lipinski definition) is 4. The van der Waals surface area contributed by atoms with Crippen molar-refractivity contribution in [1.29, 1.82) is 0 Å². The predicted molar refractivity (Wildman–Crippen MR) is 95.4 cm³/mol. The van der Waals surface area contributed by atoms with E-state index in [4.69, 9.17) is 11.6 Å². The molecule has 0 aliphatic carbocycles. The Hall–Kier alpha value is -1.79. The van der Waals surface area contributed by atoms with Crippen LogP contribution in [-0.2, 0) is 6.54 Å². The van der Waals surface area contributed by atoms with Crippen molar-refractivity contribution >= 4 is 40.0 Å². The van der Waals surface area contributed by atoms with Crippen LogP contribution in [0, 0.1) is 0 Å². The van der Waals surface area contributed by atoms with E-state index in [1.54, 1.807) is 4.57 Å². The van der Waals surface area contributed by atoms with Gasteiger partial charge < -0.3 is 0 Å². The normalized spacial score (nSPS) is 11.4. The van der Waals surface area contributed by atoms with Gasteiger partial charge in [-0.25, -0.2) is 0 Å². The first-order valence-electron chi connectivity index (χ1n) is 7.46. The molecule has 0 fully saturated rings. The standard InChI is InChI=1S/C16H17ClN4OS/c1-3-4-9-20-14(22)12-7-5-6-8-13(12)21-15(20)18-19-16(21)23-10-11(2)17/h5-8H,2-4,9-10H2,1H3. The largest absolute Gasteiger partial charge is 0.276 e. The van der Waals surface area contributed by atoms with Crippen LogP contribution in [0.3, 0.4) is 0 Å². The Labute approximate surface area is 143 Å². The zero-order chi connectivity index (χ0) is 16.4. The third-order valence-corrected chi connectivity index (χ3v) is 4.88. The quantitative estimate of drug-likeness (QED) is 0.637. The zero-order valence-corrected chi connectivity index (χ0v) is 14.4. The lowest BCUT2D eigenvalue weighted by atomic mass is 10.2. The Morgan fingerprint density at radius 1 is 1.35 bits per heavy atom. The van der Waals surface area contributed by atoms with Gasteiger partial charge in [-0.15, -0.1) is 10.2 Å². The Kier molecular flexibility index (Phi) is 4.73. The molecule has 0 aliphatic heterocycles.